The fourth-order valence-electron chi connectivity index (χ4n) is 3.90. The van der Waals surface area contributed by atoms with Gasteiger partial charge in [-0.15, -0.1) is 0 Å². The van der Waals surface area contributed by atoms with Gasteiger partial charge in [-0.05, 0) is 49.3 Å². The molecule has 1 fully saturated rings. The van der Waals surface area contributed by atoms with Crippen molar-refractivity contribution in [3.05, 3.63) is 28.8 Å². The lowest BCUT2D eigenvalue weighted by molar-refractivity contribution is -0.145. The molecule has 0 amide bonds. The minimum atomic E-state index is -0.735. The average Bonchev–Trinajstić information content (AvgIpc) is 2.93. The highest BCUT2D eigenvalue weighted by molar-refractivity contribution is 5.83. The van der Waals surface area contributed by atoms with Crippen molar-refractivity contribution in [1.82, 2.24) is 0 Å². The van der Waals surface area contributed by atoms with Gasteiger partial charge in [-0.3, -0.25) is 4.79 Å². The highest BCUT2D eigenvalue weighted by atomic mass is 16.5. The van der Waals surface area contributed by atoms with E-state index < -0.39 is 11.4 Å². The van der Waals surface area contributed by atoms with Crippen molar-refractivity contribution in [3.63, 3.8) is 0 Å². The molecule has 1 saturated carbocycles. The van der Waals surface area contributed by atoms with Crippen molar-refractivity contribution in [2.24, 2.45) is 0 Å². The van der Waals surface area contributed by atoms with Crippen LogP contribution in [0.3, 0.4) is 0 Å². The van der Waals surface area contributed by atoms with Crippen molar-refractivity contribution in [2.45, 2.75) is 56.8 Å². The molecule has 0 aromatic heterocycles. The van der Waals surface area contributed by atoms with Crippen LogP contribution in [-0.4, -0.2) is 18.2 Å². The summed E-state index contributed by atoms with van der Waals surface area (Å²) in [6, 6.07) is 4.21. The third-order valence-corrected chi connectivity index (χ3v) is 5.05. The van der Waals surface area contributed by atoms with E-state index in [1.54, 1.807) is 7.11 Å². The summed E-state index contributed by atoms with van der Waals surface area (Å²) < 4.78 is 5.54. The Bertz CT molecular complexity index is 527. The van der Waals surface area contributed by atoms with Crippen molar-refractivity contribution in [2.75, 3.05) is 7.11 Å². The monoisotopic (exact) mass is 274 g/mol. The number of aryl methyl sites for hydroxylation is 2. The van der Waals surface area contributed by atoms with E-state index >= 15 is 0 Å². The number of carboxylic acid groups (broad SMARTS) is 1. The maximum atomic E-state index is 12.0. The molecule has 108 valence electrons. The lowest BCUT2D eigenvalue weighted by Crippen LogP contribution is -2.38. The standard InChI is InChI=1S/C17H22O3/c1-20-15-11-13-7-5-6-12(13)10-14(15)17(16(18)19)8-3-2-4-9-17/h10-11H,2-9H2,1H3,(H,18,19). The zero-order valence-corrected chi connectivity index (χ0v) is 12.1. The van der Waals surface area contributed by atoms with Gasteiger partial charge in [-0.25, -0.2) is 0 Å². The van der Waals surface area contributed by atoms with Crippen molar-refractivity contribution in [1.29, 1.82) is 0 Å². The van der Waals surface area contributed by atoms with E-state index in [2.05, 4.69) is 12.1 Å². The lowest BCUT2D eigenvalue weighted by Gasteiger charge is -2.35. The van der Waals surface area contributed by atoms with Crippen LogP contribution in [-0.2, 0) is 23.1 Å². The predicted molar refractivity (Wildman–Crippen MR) is 77.4 cm³/mol. The Morgan fingerprint density at radius 3 is 2.35 bits per heavy atom. The highest BCUT2D eigenvalue weighted by Crippen LogP contribution is 2.45. The topological polar surface area (TPSA) is 46.5 Å². The van der Waals surface area contributed by atoms with Crippen LogP contribution in [0.1, 0.15) is 55.2 Å². The zero-order chi connectivity index (χ0) is 14.2. The summed E-state index contributed by atoms with van der Waals surface area (Å²) in [6.07, 6.45) is 7.92. The van der Waals surface area contributed by atoms with Crippen molar-refractivity contribution >= 4 is 5.97 Å². The third-order valence-electron chi connectivity index (χ3n) is 5.05. The number of carboxylic acids is 1. The molecule has 0 saturated heterocycles. The number of rotatable bonds is 3. The summed E-state index contributed by atoms with van der Waals surface area (Å²) >= 11 is 0. The number of ether oxygens (including phenoxy) is 1. The molecule has 1 aromatic rings. The van der Waals surface area contributed by atoms with Gasteiger partial charge in [-0.2, -0.15) is 0 Å². The minimum absolute atomic E-state index is 0.687. The number of hydrogen-bond donors (Lipinski definition) is 1. The van der Waals surface area contributed by atoms with Crippen LogP contribution in [0, 0.1) is 0 Å². The van der Waals surface area contributed by atoms with Crippen molar-refractivity contribution < 1.29 is 14.6 Å². The minimum Gasteiger partial charge on any atom is -0.496 e. The van der Waals surface area contributed by atoms with Crippen molar-refractivity contribution in [3.8, 4) is 5.75 Å². The number of hydrogen-bond acceptors (Lipinski definition) is 2. The first kappa shape index (κ1) is 13.5. The van der Waals surface area contributed by atoms with Crippen LogP contribution in [0.15, 0.2) is 12.1 Å². The molecule has 0 unspecified atom stereocenters. The molecule has 0 spiro atoms. The summed E-state index contributed by atoms with van der Waals surface area (Å²) in [6.45, 7) is 0. The Morgan fingerprint density at radius 2 is 1.75 bits per heavy atom. The van der Waals surface area contributed by atoms with Gasteiger partial charge in [0.05, 0.1) is 12.5 Å². The number of carbonyl (C=O) groups is 1. The van der Waals surface area contributed by atoms with Crippen LogP contribution in [0.4, 0.5) is 0 Å². The van der Waals surface area contributed by atoms with Crippen LogP contribution >= 0.6 is 0 Å². The normalized spacial score (nSPS) is 20.4. The molecule has 3 nitrogen and oxygen atoms in total. The van der Waals surface area contributed by atoms with Crippen LogP contribution < -0.4 is 4.74 Å². The summed E-state index contributed by atoms with van der Waals surface area (Å²) in [5, 5.41) is 9.86. The molecule has 2 aliphatic rings. The largest absolute Gasteiger partial charge is 0.496 e. The van der Waals surface area contributed by atoms with E-state index in [-0.39, 0.29) is 0 Å². The summed E-state index contributed by atoms with van der Waals surface area (Å²) in [7, 11) is 1.65. The first-order valence-corrected chi connectivity index (χ1v) is 7.61. The molecule has 1 aromatic carbocycles. The van der Waals surface area contributed by atoms with Crippen LogP contribution in [0.25, 0.3) is 0 Å². The maximum absolute atomic E-state index is 12.0. The lowest BCUT2D eigenvalue weighted by atomic mass is 9.68. The van der Waals surface area contributed by atoms with E-state index in [0.717, 1.165) is 56.3 Å². The highest BCUT2D eigenvalue weighted by Gasteiger charge is 2.43. The van der Waals surface area contributed by atoms with Gasteiger partial charge in [0, 0.05) is 5.56 Å². The molecule has 0 radical (unpaired) electrons. The molecule has 3 rings (SSSR count). The molecular formula is C17H22O3. The summed E-state index contributed by atoms with van der Waals surface area (Å²) in [5.74, 6) is 0.0865. The van der Waals surface area contributed by atoms with Gasteiger partial charge in [0.15, 0.2) is 0 Å². The second-order valence-corrected chi connectivity index (χ2v) is 6.12. The van der Waals surface area contributed by atoms with Gasteiger partial charge >= 0.3 is 5.97 Å². The number of methoxy groups -OCH3 is 1. The molecule has 1 N–H and O–H groups in total. The molecule has 0 atom stereocenters. The maximum Gasteiger partial charge on any atom is 0.314 e. The second kappa shape index (κ2) is 5.12. The van der Waals surface area contributed by atoms with Gasteiger partial charge < -0.3 is 9.84 Å². The van der Waals surface area contributed by atoms with Gasteiger partial charge in [0.2, 0.25) is 0 Å². The SMILES string of the molecule is COc1cc2c(cc1C1(C(=O)O)CCCCC1)CCC2. The number of aliphatic carboxylic acids is 1. The van der Waals surface area contributed by atoms with E-state index in [4.69, 9.17) is 4.74 Å². The summed E-state index contributed by atoms with van der Waals surface area (Å²) in [5.41, 5.74) is 2.84. The average molecular weight is 274 g/mol. The van der Waals surface area contributed by atoms with E-state index in [0.29, 0.717) is 0 Å². The molecule has 0 bridgehead atoms. The Kier molecular flexibility index (Phi) is 3.45. The van der Waals surface area contributed by atoms with Crippen LogP contribution in [0.5, 0.6) is 5.75 Å². The van der Waals surface area contributed by atoms with E-state index in [9.17, 15) is 9.90 Å². The Labute approximate surface area is 120 Å². The Morgan fingerprint density at radius 1 is 1.10 bits per heavy atom. The van der Waals surface area contributed by atoms with E-state index in [1.807, 2.05) is 0 Å². The third kappa shape index (κ3) is 2.00. The number of fused-ring (bicyclic) bond motifs is 1. The van der Waals surface area contributed by atoms with E-state index in [1.165, 1.54) is 17.5 Å². The second-order valence-electron chi connectivity index (χ2n) is 6.12. The zero-order valence-electron chi connectivity index (χ0n) is 12.1. The van der Waals surface area contributed by atoms with Gasteiger partial charge in [0.25, 0.3) is 0 Å². The van der Waals surface area contributed by atoms with Gasteiger partial charge in [-0.1, -0.05) is 25.3 Å². The van der Waals surface area contributed by atoms with Crippen LogP contribution in [0.2, 0.25) is 0 Å². The quantitative estimate of drug-likeness (QED) is 0.918. The molecule has 0 heterocycles. The Balaban J connectivity index is 2.13. The molecule has 2 aliphatic carbocycles. The first-order chi connectivity index (χ1) is 9.67. The molecule has 3 heteroatoms. The fourth-order valence-corrected chi connectivity index (χ4v) is 3.90. The first-order valence-electron chi connectivity index (χ1n) is 7.61. The smallest absolute Gasteiger partial charge is 0.314 e. The number of benzene rings is 1. The fraction of sp³-hybridized carbons (Fsp3) is 0.588. The predicted octanol–water partition coefficient (Wildman–Crippen LogP) is 3.47. The van der Waals surface area contributed by atoms with Gasteiger partial charge in [0.1, 0.15) is 5.75 Å². The molecule has 20 heavy (non-hydrogen) atoms. The summed E-state index contributed by atoms with van der Waals surface area (Å²) in [4.78, 5) is 12.0. The molecule has 0 aliphatic heterocycles. The molecular weight excluding hydrogens is 252 g/mol. The Hall–Kier alpha value is -1.51.